The van der Waals surface area contributed by atoms with E-state index in [1.807, 2.05) is 58.9 Å². The van der Waals surface area contributed by atoms with Gasteiger partial charge in [0.1, 0.15) is 18.3 Å². The van der Waals surface area contributed by atoms with Crippen LogP contribution >= 0.6 is 0 Å². The average Bonchev–Trinajstić information content (AvgIpc) is 2.89. The topological polar surface area (TPSA) is 96.0 Å². The molecular weight excluding hydrogens is 526 g/mol. The molecule has 0 aliphatic heterocycles. The summed E-state index contributed by atoms with van der Waals surface area (Å²) in [4.78, 5) is 28.8. The van der Waals surface area contributed by atoms with Crippen LogP contribution in [0, 0.1) is 13.8 Å². The Kier molecular flexibility index (Phi) is 9.63. The first-order valence-electron chi connectivity index (χ1n) is 13.1. The molecule has 0 saturated heterocycles. The third-order valence-electron chi connectivity index (χ3n) is 6.31. The summed E-state index contributed by atoms with van der Waals surface area (Å²) in [5, 5.41) is 2.93. The first-order valence-corrected chi connectivity index (χ1v) is 14.6. The fourth-order valence-corrected chi connectivity index (χ4v) is 5.73. The van der Waals surface area contributed by atoms with E-state index in [0.29, 0.717) is 5.75 Å². The third-order valence-corrected chi connectivity index (χ3v) is 8.09. The second-order valence-corrected chi connectivity index (χ2v) is 12.8. The van der Waals surface area contributed by atoms with Crippen LogP contribution < -0.4 is 14.4 Å². The molecule has 3 aromatic rings. The quantitative estimate of drug-likeness (QED) is 0.380. The van der Waals surface area contributed by atoms with Gasteiger partial charge in [-0.2, -0.15) is 0 Å². The maximum Gasteiger partial charge on any atom is 0.264 e. The Labute approximate surface area is 238 Å². The summed E-state index contributed by atoms with van der Waals surface area (Å²) >= 11 is 0. The lowest BCUT2D eigenvalue weighted by molar-refractivity contribution is -0.140. The lowest BCUT2D eigenvalue weighted by Crippen LogP contribution is -2.54. The number of amides is 2. The summed E-state index contributed by atoms with van der Waals surface area (Å²) in [5.74, 6) is -0.554. The Morgan fingerprint density at radius 2 is 1.57 bits per heavy atom. The summed E-state index contributed by atoms with van der Waals surface area (Å²) in [6, 6.07) is 19.9. The lowest BCUT2D eigenvalue weighted by Gasteiger charge is -2.34. The molecule has 0 spiro atoms. The largest absolute Gasteiger partial charge is 0.495 e. The van der Waals surface area contributed by atoms with Crippen LogP contribution in [-0.2, 0) is 26.2 Å². The standard InChI is InChI=1S/C31H39N3O5S/c1-22-12-11-13-25(18-22)20-33(24(3)30(36)32-31(4,5)6)29(35)21-34(27-19-23(2)16-17-28(27)39-7)40(37,38)26-14-9-8-10-15-26/h8-19,24H,20-21H2,1-7H3,(H,32,36)/t24-/m1/s1. The van der Waals surface area contributed by atoms with Crippen molar-refractivity contribution in [3.63, 3.8) is 0 Å². The Balaban J connectivity index is 2.10. The molecule has 0 bridgehead atoms. The maximum atomic E-state index is 14.1. The zero-order chi connectivity index (χ0) is 29.7. The Bertz CT molecular complexity index is 1450. The summed E-state index contributed by atoms with van der Waals surface area (Å²) in [5.41, 5.74) is 2.36. The molecule has 0 radical (unpaired) electrons. The maximum absolute atomic E-state index is 14.1. The molecule has 0 fully saturated rings. The number of sulfonamides is 1. The summed E-state index contributed by atoms with van der Waals surface area (Å²) in [7, 11) is -2.73. The van der Waals surface area contributed by atoms with E-state index >= 15 is 0 Å². The van der Waals surface area contributed by atoms with Gasteiger partial charge in [0, 0.05) is 12.1 Å². The van der Waals surface area contributed by atoms with Gasteiger partial charge in [-0.3, -0.25) is 13.9 Å². The van der Waals surface area contributed by atoms with Crippen molar-refractivity contribution in [1.82, 2.24) is 10.2 Å². The van der Waals surface area contributed by atoms with Gasteiger partial charge in [0.05, 0.1) is 17.7 Å². The minimum absolute atomic E-state index is 0.0371. The molecule has 0 saturated carbocycles. The zero-order valence-electron chi connectivity index (χ0n) is 24.3. The summed E-state index contributed by atoms with van der Waals surface area (Å²) < 4.78 is 34.5. The van der Waals surface area contributed by atoms with Crippen LogP contribution in [0.15, 0.2) is 77.7 Å². The van der Waals surface area contributed by atoms with Crippen LogP contribution in [0.2, 0.25) is 0 Å². The molecule has 0 aromatic heterocycles. The highest BCUT2D eigenvalue weighted by Gasteiger charge is 2.34. The monoisotopic (exact) mass is 565 g/mol. The van der Waals surface area contributed by atoms with Gasteiger partial charge in [-0.1, -0.05) is 54.1 Å². The number of nitrogens with zero attached hydrogens (tertiary/aromatic N) is 2. The predicted molar refractivity (Wildman–Crippen MR) is 158 cm³/mol. The van der Waals surface area contributed by atoms with Crippen LogP contribution in [0.1, 0.15) is 44.4 Å². The van der Waals surface area contributed by atoms with Gasteiger partial charge < -0.3 is 15.0 Å². The molecule has 2 amide bonds. The van der Waals surface area contributed by atoms with Crippen molar-refractivity contribution in [1.29, 1.82) is 0 Å². The normalized spacial score (nSPS) is 12.4. The molecule has 0 aliphatic carbocycles. The number of hydrogen-bond donors (Lipinski definition) is 1. The van der Waals surface area contributed by atoms with Crippen molar-refractivity contribution in [3.05, 3.63) is 89.5 Å². The number of methoxy groups -OCH3 is 1. The van der Waals surface area contributed by atoms with Crippen molar-refractivity contribution in [3.8, 4) is 5.75 Å². The number of hydrogen-bond acceptors (Lipinski definition) is 5. The average molecular weight is 566 g/mol. The van der Waals surface area contributed by atoms with Crippen LogP contribution in [0.5, 0.6) is 5.75 Å². The summed E-state index contributed by atoms with van der Waals surface area (Å²) in [6.45, 7) is 10.6. The van der Waals surface area contributed by atoms with Crippen LogP contribution in [-0.4, -0.2) is 50.4 Å². The van der Waals surface area contributed by atoms with Gasteiger partial charge in [0.25, 0.3) is 10.0 Å². The number of benzene rings is 3. The number of carbonyl (C=O) groups is 2. The fourth-order valence-electron chi connectivity index (χ4n) is 4.29. The van der Waals surface area contributed by atoms with Gasteiger partial charge in [-0.05, 0) is 76.9 Å². The molecule has 0 aliphatic rings. The number of carbonyl (C=O) groups excluding carboxylic acids is 2. The van der Waals surface area contributed by atoms with Gasteiger partial charge in [0.15, 0.2) is 0 Å². The smallest absolute Gasteiger partial charge is 0.264 e. The third kappa shape index (κ3) is 7.63. The number of ether oxygens (including phenoxy) is 1. The molecule has 0 heterocycles. The molecule has 8 nitrogen and oxygen atoms in total. The first-order chi connectivity index (χ1) is 18.7. The van der Waals surface area contributed by atoms with Gasteiger partial charge in [0.2, 0.25) is 11.8 Å². The highest BCUT2D eigenvalue weighted by molar-refractivity contribution is 7.92. The second-order valence-electron chi connectivity index (χ2n) is 10.9. The van der Waals surface area contributed by atoms with Gasteiger partial charge in [-0.25, -0.2) is 8.42 Å². The van der Waals surface area contributed by atoms with Crippen molar-refractivity contribution < 1.29 is 22.7 Å². The SMILES string of the molecule is COc1ccc(C)cc1N(CC(=O)N(Cc1cccc(C)c1)[C@H](C)C(=O)NC(C)(C)C)S(=O)(=O)c1ccccc1. The molecule has 3 aromatic carbocycles. The van der Waals surface area contributed by atoms with E-state index in [1.54, 1.807) is 43.3 Å². The molecule has 40 heavy (non-hydrogen) atoms. The predicted octanol–water partition coefficient (Wildman–Crippen LogP) is 4.84. The molecular formula is C31H39N3O5S. The van der Waals surface area contributed by atoms with Crippen LogP contribution in [0.4, 0.5) is 5.69 Å². The molecule has 1 N–H and O–H groups in total. The Hall–Kier alpha value is -3.85. The van der Waals surface area contributed by atoms with E-state index in [4.69, 9.17) is 4.74 Å². The molecule has 3 rings (SSSR count). The minimum Gasteiger partial charge on any atom is -0.495 e. The van der Waals surface area contributed by atoms with Gasteiger partial charge >= 0.3 is 0 Å². The highest BCUT2D eigenvalue weighted by atomic mass is 32.2. The number of nitrogens with one attached hydrogen (secondary N) is 1. The number of aryl methyl sites for hydroxylation is 2. The minimum atomic E-state index is -4.18. The van der Waals surface area contributed by atoms with Crippen LogP contribution in [0.25, 0.3) is 0 Å². The Morgan fingerprint density at radius 3 is 2.17 bits per heavy atom. The molecule has 9 heteroatoms. The first kappa shape index (κ1) is 30.7. The van der Waals surface area contributed by atoms with E-state index in [1.165, 1.54) is 24.1 Å². The highest BCUT2D eigenvalue weighted by Crippen LogP contribution is 2.33. The van der Waals surface area contributed by atoms with Crippen molar-refractivity contribution >= 4 is 27.5 Å². The van der Waals surface area contributed by atoms with E-state index < -0.39 is 34.1 Å². The van der Waals surface area contributed by atoms with E-state index in [2.05, 4.69) is 5.32 Å². The molecule has 214 valence electrons. The lowest BCUT2D eigenvalue weighted by atomic mass is 10.1. The van der Waals surface area contributed by atoms with Gasteiger partial charge in [-0.15, -0.1) is 0 Å². The number of anilines is 1. The fraction of sp³-hybridized carbons (Fsp3) is 0.355. The van der Waals surface area contributed by atoms with E-state index in [9.17, 15) is 18.0 Å². The molecule has 1 atom stereocenters. The van der Waals surface area contributed by atoms with Crippen LogP contribution in [0.3, 0.4) is 0 Å². The second kappa shape index (κ2) is 12.6. The van der Waals surface area contributed by atoms with Crippen molar-refractivity contribution in [2.45, 2.75) is 64.6 Å². The van der Waals surface area contributed by atoms with Crippen molar-refractivity contribution in [2.24, 2.45) is 0 Å². The Morgan fingerprint density at radius 1 is 0.925 bits per heavy atom. The molecule has 0 unspecified atom stereocenters. The van der Waals surface area contributed by atoms with E-state index in [-0.39, 0.29) is 23.0 Å². The van der Waals surface area contributed by atoms with Crippen molar-refractivity contribution in [2.75, 3.05) is 18.0 Å². The van der Waals surface area contributed by atoms with E-state index in [0.717, 1.165) is 21.0 Å². The number of rotatable bonds is 10. The summed E-state index contributed by atoms with van der Waals surface area (Å²) in [6.07, 6.45) is 0. The zero-order valence-corrected chi connectivity index (χ0v) is 25.1.